The van der Waals surface area contributed by atoms with E-state index in [1.54, 1.807) is 25.3 Å². The van der Waals surface area contributed by atoms with Crippen LogP contribution >= 0.6 is 11.3 Å². The Labute approximate surface area is 130 Å². The summed E-state index contributed by atoms with van der Waals surface area (Å²) in [5.41, 5.74) is 0.891. The summed E-state index contributed by atoms with van der Waals surface area (Å²) >= 11 is 1.26. The predicted molar refractivity (Wildman–Crippen MR) is 84.3 cm³/mol. The number of phenols is 1. The third kappa shape index (κ3) is 2.48. The van der Waals surface area contributed by atoms with Crippen LogP contribution in [0.4, 0.5) is 0 Å². The van der Waals surface area contributed by atoms with Crippen molar-refractivity contribution in [1.29, 1.82) is 0 Å². The Bertz CT molecular complexity index is 856. The van der Waals surface area contributed by atoms with Gasteiger partial charge in [-0.25, -0.2) is 4.98 Å². The molecule has 1 N–H and O–H groups in total. The molecule has 1 heterocycles. The number of aromatic nitrogens is 1. The van der Waals surface area contributed by atoms with Crippen molar-refractivity contribution in [3.05, 3.63) is 47.0 Å². The Morgan fingerprint density at radius 1 is 1.09 bits per heavy atom. The van der Waals surface area contributed by atoms with Crippen LogP contribution in [-0.2, 0) is 0 Å². The molecule has 0 radical (unpaired) electrons. The van der Waals surface area contributed by atoms with Gasteiger partial charge in [0.25, 0.3) is 0 Å². The minimum Gasteiger partial charge on any atom is -0.507 e. The lowest BCUT2D eigenvalue weighted by atomic mass is 10.1. The second kappa shape index (κ2) is 5.65. The van der Waals surface area contributed by atoms with Gasteiger partial charge in [0.15, 0.2) is 5.01 Å². The van der Waals surface area contributed by atoms with E-state index in [4.69, 9.17) is 9.47 Å². The van der Waals surface area contributed by atoms with Crippen molar-refractivity contribution in [2.75, 3.05) is 14.2 Å². The molecule has 0 spiro atoms. The van der Waals surface area contributed by atoms with Gasteiger partial charge in [0.05, 0.1) is 30.0 Å². The maximum atomic E-state index is 12.6. The Hall–Kier alpha value is -2.60. The zero-order valence-electron chi connectivity index (χ0n) is 12.0. The highest BCUT2D eigenvalue weighted by molar-refractivity contribution is 7.20. The van der Waals surface area contributed by atoms with Crippen LogP contribution in [-0.4, -0.2) is 30.1 Å². The van der Waals surface area contributed by atoms with Gasteiger partial charge in [-0.1, -0.05) is 0 Å². The highest BCUT2D eigenvalue weighted by Crippen LogP contribution is 2.30. The van der Waals surface area contributed by atoms with Crippen LogP contribution in [0.25, 0.3) is 10.2 Å². The van der Waals surface area contributed by atoms with Gasteiger partial charge in [0, 0.05) is 0 Å². The molecule has 1 aromatic heterocycles. The summed E-state index contributed by atoms with van der Waals surface area (Å²) < 4.78 is 11.1. The average molecular weight is 315 g/mol. The number of benzene rings is 2. The molecule has 2 aromatic carbocycles. The summed E-state index contributed by atoms with van der Waals surface area (Å²) in [7, 11) is 3.09. The quantitative estimate of drug-likeness (QED) is 0.749. The second-order valence-electron chi connectivity index (χ2n) is 4.56. The van der Waals surface area contributed by atoms with Crippen molar-refractivity contribution < 1.29 is 19.4 Å². The van der Waals surface area contributed by atoms with Crippen LogP contribution in [0.3, 0.4) is 0 Å². The van der Waals surface area contributed by atoms with Crippen LogP contribution in [0.5, 0.6) is 17.2 Å². The number of thiazole rings is 1. The molecule has 0 aliphatic heterocycles. The first-order valence-electron chi connectivity index (χ1n) is 6.48. The van der Waals surface area contributed by atoms with E-state index in [-0.39, 0.29) is 17.1 Å². The molecular weight excluding hydrogens is 302 g/mol. The highest BCUT2D eigenvalue weighted by atomic mass is 32.1. The van der Waals surface area contributed by atoms with E-state index in [1.807, 2.05) is 6.07 Å². The van der Waals surface area contributed by atoms with Crippen LogP contribution in [0.2, 0.25) is 0 Å². The van der Waals surface area contributed by atoms with Gasteiger partial charge in [0.2, 0.25) is 5.78 Å². The van der Waals surface area contributed by atoms with E-state index >= 15 is 0 Å². The minimum atomic E-state index is -0.337. The summed E-state index contributed by atoms with van der Waals surface area (Å²) in [6, 6.07) is 9.95. The molecule has 3 rings (SSSR count). The number of nitrogens with zero attached hydrogens (tertiary/aromatic N) is 1. The maximum absolute atomic E-state index is 12.6. The number of fused-ring (bicyclic) bond motifs is 1. The molecule has 22 heavy (non-hydrogen) atoms. The van der Waals surface area contributed by atoms with E-state index in [2.05, 4.69) is 4.98 Å². The molecule has 0 aliphatic carbocycles. The SMILES string of the molecule is COc1ccc(O)c(C(=O)c2nc3ccc(OC)cc3s2)c1. The Morgan fingerprint density at radius 3 is 2.50 bits per heavy atom. The van der Waals surface area contributed by atoms with Crippen molar-refractivity contribution in [2.24, 2.45) is 0 Å². The summed E-state index contributed by atoms with van der Waals surface area (Å²) in [4.78, 5) is 16.9. The van der Waals surface area contributed by atoms with Gasteiger partial charge < -0.3 is 14.6 Å². The average Bonchev–Trinajstić information content (AvgIpc) is 2.97. The van der Waals surface area contributed by atoms with Gasteiger partial charge >= 0.3 is 0 Å². The van der Waals surface area contributed by atoms with E-state index in [0.717, 1.165) is 10.2 Å². The fourth-order valence-electron chi connectivity index (χ4n) is 2.07. The number of carbonyl (C=O) groups is 1. The third-order valence-corrected chi connectivity index (χ3v) is 4.26. The van der Waals surface area contributed by atoms with Crippen LogP contribution in [0, 0.1) is 0 Å². The summed E-state index contributed by atoms with van der Waals surface area (Å²) in [6.07, 6.45) is 0. The number of methoxy groups -OCH3 is 2. The largest absolute Gasteiger partial charge is 0.507 e. The first-order valence-corrected chi connectivity index (χ1v) is 7.30. The highest BCUT2D eigenvalue weighted by Gasteiger charge is 2.19. The second-order valence-corrected chi connectivity index (χ2v) is 5.60. The van der Waals surface area contributed by atoms with Gasteiger partial charge in [-0.2, -0.15) is 0 Å². The monoisotopic (exact) mass is 315 g/mol. The number of carbonyl (C=O) groups excluding carboxylic acids is 1. The lowest BCUT2D eigenvalue weighted by molar-refractivity contribution is 0.103. The molecule has 6 heteroatoms. The number of phenolic OH excluding ortho intramolecular Hbond substituents is 1. The molecule has 0 bridgehead atoms. The van der Waals surface area contributed by atoms with E-state index in [1.165, 1.54) is 30.6 Å². The number of rotatable bonds is 4. The summed E-state index contributed by atoms with van der Waals surface area (Å²) in [5.74, 6) is 0.780. The van der Waals surface area contributed by atoms with Gasteiger partial charge in [-0.15, -0.1) is 11.3 Å². The number of hydrogen-bond donors (Lipinski definition) is 1. The number of ketones is 1. The van der Waals surface area contributed by atoms with E-state index in [0.29, 0.717) is 16.5 Å². The zero-order chi connectivity index (χ0) is 15.7. The molecule has 0 saturated carbocycles. The molecule has 0 atom stereocenters. The molecule has 0 unspecified atom stereocenters. The molecule has 0 fully saturated rings. The number of hydrogen-bond acceptors (Lipinski definition) is 6. The molecular formula is C16H13NO4S. The molecule has 112 valence electrons. The Morgan fingerprint density at radius 2 is 1.77 bits per heavy atom. The third-order valence-electron chi connectivity index (χ3n) is 3.24. The van der Waals surface area contributed by atoms with Gasteiger partial charge in [-0.05, 0) is 36.4 Å². The molecule has 3 aromatic rings. The lowest BCUT2D eigenvalue weighted by Crippen LogP contribution is -2.01. The van der Waals surface area contributed by atoms with Crippen molar-refractivity contribution in [1.82, 2.24) is 4.98 Å². The lowest BCUT2D eigenvalue weighted by Gasteiger charge is -2.04. The van der Waals surface area contributed by atoms with Crippen LogP contribution in [0.15, 0.2) is 36.4 Å². The molecule has 0 amide bonds. The maximum Gasteiger partial charge on any atom is 0.225 e. The molecule has 0 aliphatic rings. The topological polar surface area (TPSA) is 68.7 Å². The Kier molecular flexibility index (Phi) is 3.68. The van der Waals surface area contributed by atoms with Crippen molar-refractivity contribution in [3.63, 3.8) is 0 Å². The number of aromatic hydroxyl groups is 1. The minimum absolute atomic E-state index is 0.0948. The Balaban J connectivity index is 2.05. The number of ether oxygens (including phenoxy) is 2. The predicted octanol–water partition coefficient (Wildman–Crippen LogP) is 3.25. The molecule has 0 saturated heterocycles. The first kappa shape index (κ1) is 14.3. The summed E-state index contributed by atoms with van der Waals surface area (Å²) in [5, 5.41) is 10.2. The van der Waals surface area contributed by atoms with Gasteiger partial charge in [-0.3, -0.25) is 4.79 Å². The van der Waals surface area contributed by atoms with Crippen molar-refractivity contribution >= 4 is 27.3 Å². The van der Waals surface area contributed by atoms with Crippen molar-refractivity contribution in [2.45, 2.75) is 0 Å². The fraction of sp³-hybridized carbons (Fsp3) is 0.125. The standard InChI is InChI=1S/C16H13NO4S/c1-20-9-4-6-13(18)11(7-9)15(19)16-17-12-5-3-10(21-2)8-14(12)22-16/h3-8,18H,1-2H3. The summed E-state index contributed by atoms with van der Waals surface area (Å²) in [6.45, 7) is 0. The molecule has 5 nitrogen and oxygen atoms in total. The zero-order valence-corrected chi connectivity index (χ0v) is 12.8. The van der Waals surface area contributed by atoms with Crippen molar-refractivity contribution in [3.8, 4) is 17.2 Å². The van der Waals surface area contributed by atoms with E-state index < -0.39 is 0 Å². The first-order chi connectivity index (χ1) is 10.6. The van der Waals surface area contributed by atoms with Crippen LogP contribution < -0.4 is 9.47 Å². The van der Waals surface area contributed by atoms with E-state index in [9.17, 15) is 9.90 Å². The smallest absolute Gasteiger partial charge is 0.225 e. The normalized spacial score (nSPS) is 10.6. The van der Waals surface area contributed by atoms with Crippen LogP contribution in [0.1, 0.15) is 15.4 Å². The fourth-order valence-corrected chi connectivity index (χ4v) is 3.02. The van der Waals surface area contributed by atoms with Gasteiger partial charge in [0.1, 0.15) is 17.2 Å².